The van der Waals surface area contributed by atoms with E-state index in [4.69, 9.17) is 0 Å². The van der Waals surface area contributed by atoms with Crippen molar-refractivity contribution in [2.24, 2.45) is 11.3 Å². The Kier molecular flexibility index (Phi) is 1.54. The molecule has 1 aliphatic carbocycles. The van der Waals surface area contributed by atoms with Crippen molar-refractivity contribution >= 4 is 0 Å². The maximum absolute atomic E-state index is 12.7. The fourth-order valence-corrected chi connectivity index (χ4v) is 1.43. The van der Waals surface area contributed by atoms with Crippen molar-refractivity contribution < 1.29 is 4.39 Å². The van der Waals surface area contributed by atoms with E-state index >= 15 is 0 Å². The van der Waals surface area contributed by atoms with Gasteiger partial charge in [-0.2, -0.15) is 0 Å². The van der Waals surface area contributed by atoms with Gasteiger partial charge in [-0.25, -0.2) is 4.39 Å². The van der Waals surface area contributed by atoms with Crippen LogP contribution in [0.3, 0.4) is 0 Å². The number of alkyl halides is 1. The van der Waals surface area contributed by atoms with Crippen LogP contribution >= 0.6 is 0 Å². The van der Waals surface area contributed by atoms with Crippen LogP contribution in [0.1, 0.15) is 33.6 Å². The minimum atomic E-state index is -0.509. The lowest BCUT2D eigenvalue weighted by atomic mass is 9.67. The first kappa shape index (κ1) is 7.04. The summed E-state index contributed by atoms with van der Waals surface area (Å²) in [5.74, 6) is 0.331. The van der Waals surface area contributed by atoms with Gasteiger partial charge in [-0.3, -0.25) is 0 Å². The molecule has 0 radical (unpaired) electrons. The molecule has 54 valence electrons. The molecule has 0 N–H and O–H groups in total. The molecule has 0 aliphatic heterocycles. The van der Waals surface area contributed by atoms with E-state index in [1.807, 2.05) is 0 Å². The number of halogens is 1. The van der Waals surface area contributed by atoms with Gasteiger partial charge in [0.15, 0.2) is 0 Å². The van der Waals surface area contributed by atoms with Crippen molar-refractivity contribution in [3.05, 3.63) is 0 Å². The molecule has 9 heavy (non-hydrogen) atoms. The molecule has 2 unspecified atom stereocenters. The number of hydrogen-bond donors (Lipinski definition) is 0. The molecular formula is C8H15F. The van der Waals surface area contributed by atoms with Gasteiger partial charge in [0.1, 0.15) is 6.17 Å². The summed E-state index contributed by atoms with van der Waals surface area (Å²) in [6.45, 7) is 6.34. The third kappa shape index (κ3) is 1.25. The van der Waals surface area contributed by atoms with E-state index in [0.29, 0.717) is 5.92 Å². The zero-order chi connectivity index (χ0) is 7.07. The third-order valence-electron chi connectivity index (χ3n) is 2.30. The van der Waals surface area contributed by atoms with E-state index in [0.717, 1.165) is 12.8 Å². The Morgan fingerprint density at radius 3 is 1.78 bits per heavy atom. The second-order valence-corrected chi connectivity index (χ2v) is 4.07. The molecule has 1 aliphatic rings. The minimum absolute atomic E-state index is 0.192. The first-order valence-electron chi connectivity index (χ1n) is 3.66. The van der Waals surface area contributed by atoms with E-state index in [1.54, 1.807) is 0 Å². The number of hydrogen-bond acceptors (Lipinski definition) is 0. The van der Waals surface area contributed by atoms with Gasteiger partial charge in [0.05, 0.1) is 0 Å². The molecule has 0 amide bonds. The maximum atomic E-state index is 12.7. The minimum Gasteiger partial charge on any atom is -0.247 e. The van der Waals surface area contributed by atoms with Gasteiger partial charge < -0.3 is 0 Å². The Morgan fingerprint density at radius 1 is 1.22 bits per heavy atom. The van der Waals surface area contributed by atoms with Crippen molar-refractivity contribution in [3.8, 4) is 0 Å². The summed E-state index contributed by atoms with van der Waals surface area (Å²) in [5, 5.41) is 0. The summed E-state index contributed by atoms with van der Waals surface area (Å²) in [7, 11) is 0. The molecule has 0 bridgehead atoms. The van der Waals surface area contributed by atoms with Gasteiger partial charge >= 0.3 is 0 Å². The van der Waals surface area contributed by atoms with Crippen molar-refractivity contribution in [1.82, 2.24) is 0 Å². The second-order valence-electron chi connectivity index (χ2n) is 4.07. The standard InChI is InChI=1S/C8H15F/c1-8(2,3)6-4-5-7(6)9/h6-7H,4-5H2,1-3H3. The molecule has 2 atom stereocenters. The third-order valence-corrected chi connectivity index (χ3v) is 2.30. The fourth-order valence-electron chi connectivity index (χ4n) is 1.43. The number of rotatable bonds is 0. The van der Waals surface area contributed by atoms with Gasteiger partial charge in [0.25, 0.3) is 0 Å². The lowest BCUT2D eigenvalue weighted by molar-refractivity contribution is 0.0251. The van der Waals surface area contributed by atoms with Crippen molar-refractivity contribution in [2.75, 3.05) is 0 Å². The second kappa shape index (κ2) is 1.96. The van der Waals surface area contributed by atoms with Crippen LogP contribution in [0.2, 0.25) is 0 Å². The zero-order valence-corrected chi connectivity index (χ0v) is 6.45. The summed E-state index contributed by atoms with van der Waals surface area (Å²) < 4.78 is 12.7. The van der Waals surface area contributed by atoms with Crippen LogP contribution in [-0.4, -0.2) is 6.17 Å². The van der Waals surface area contributed by atoms with E-state index in [-0.39, 0.29) is 5.41 Å². The van der Waals surface area contributed by atoms with Crippen LogP contribution in [0.25, 0.3) is 0 Å². The Morgan fingerprint density at radius 2 is 1.78 bits per heavy atom. The molecule has 1 fully saturated rings. The van der Waals surface area contributed by atoms with Crippen LogP contribution in [0.15, 0.2) is 0 Å². The van der Waals surface area contributed by atoms with Crippen LogP contribution in [0, 0.1) is 11.3 Å². The molecule has 0 spiro atoms. The lowest BCUT2D eigenvalue weighted by Crippen LogP contribution is -2.37. The first-order chi connectivity index (χ1) is 4.02. The van der Waals surface area contributed by atoms with Gasteiger partial charge in [-0.15, -0.1) is 0 Å². The summed E-state index contributed by atoms with van der Waals surface area (Å²) in [5.41, 5.74) is 0.192. The summed E-state index contributed by atoms with van der Waals surface area (Å²) in [6, 6.07) is 0. The predicted molar refractivity (Wildman–Crippen MR) is 37.1 cm³/mol. The van der Waals surface area contributed by atoms with E-state index in [9.17, 15) is 4.39 Å². The van der Waals surface area contributed by atoms with Crippen LogP contribution < -0.4 is 0 Å². The SMILES string of the molecule is CC(C)(C)C1CCC1F. The van der Waals surface area contributed by atoms with Crippen molar-refractivity contribution in [3.63, 3.8) is 0 Å². The van der Waals surface area contributed by atoms with Crippen LogP contribution in [0.5, 0.6) is 0 Å². The highest BCUT2D eigenvalue weighted by molar-refractivity contribution is 4.88. The first-order valence-corrected chi connectivity index (χ1v) is 3.66. The van der Waals surface area contributed by atoms with Crippen molar-refractivity contribution in [2.45, 2.75) is 39.8 Å². The molecule has 0 nitrogen and oxygen atoms in total. The van der Waals surface area contributed by atoms with Gasteiger partial charge in [0, 0.05) is 0 Å². The molecule has 1 heteroatoms. The Labute approximate surface area is 56.5 Å². The lowest BCUT2D eigenvalue weighted by Gasteiger charge is -2.40. The topological polar surface area (TPSA) is 0 Å². The van der Waals surface area contributed by atoms with Crippen LogP contribution in [-0.2, 0) is 0 Å². The average Bonchev–Trinajstić information content (AvgIpc) is 1.57. The van der Waals surface area contributed by atoms with Gasteiger partial charge in [-0.1, -0.05) is 20.8 Å². The highest BCUT2D eigenvalue weighted by atomic mass is 19.1. The maximum Gasteiger partial charge on any atom is 0.103 e. The highest BCUT2D eigenvalue weighted by Crippen LogP contribution is 2.43. The summed E-state index contributed by atoms with van der Waals surface area (Å²) in [4.78, 5) is 0. The molecule has 0 heterocycles. The largest absolute Gasteiger partial charge is 0.247 e. The predicted octanol–water partition coefficient (Wildman–Crippen LogP) is 2.78. The van der Waals surface area contributed by atoms with E-state index < -0.39 is 6.17 Å². The van der Waals surface area contributed by atoms with Crippen molar-refractivity contribution in [1.29, 1.82) is 0 Å². The molecule has 0 aromatic rings. The molecular weight excluding hydrogens is 115 g/mol. The molecule has 0 saturated heterocycles. The zero-order valence-electron chi connectivity index (χ0n) is 6.45. The molecule has 1 saturated carbocycles. The van der Waals surface area contributed by atoms with E-state index in [2.05, 4.69) is 20.8 Å². The van der Waals surface area contributed by atoms with Gasteiger partial charge in [0.2, 0.25) is 0 Å². The normalized spacial score (nSPS) is 36.0. The molecule has 0 aromatic carbocycles. The van der Waals surface area contributed by atoms with Crippen LogP contribution in [0.4, 0.5) is 4.39 Å². The Balaban J connectivity index is 2.44. The van der Waals surface area contributed by atoms with E-state index in [1.165, 1.54) is 0 Å². The quantitative estimate of drug-likeness (QED) is 0.473. The highest BCUT2D eigenvalue weighted by Gasteiger charge is 2.39. The Bertz CT molecular complexity index is 102. The smallest absolute Gasteiger partial charge is 0.103 e. The average molecular weight is 130 g/mol. The van der Waals surface area contributed by atoms with Gasteiger partial charge in [-0.05, 0) is 24.2 Å². The summed E-state index contributed by atoms with van der Waals surface area (Å²) in [6.07, 6.45) is 1.37. The summed E-state index contributed by atoms with van der Waals surface area (Å²) >= 11 is 0. The fraction of sp³-hybridized carbons (Fsp3) is 1.00. The monoisotopic (exact) mass is 130 g/mol. The molecule has 0 aromatic heterocycles. The Hall–Kier alpha value is -0.0700. The molecule has 1 rings (SSSR count).